The number of hydrogen-bond donors (Lipinski definition) is 0. The minimum Gasteiger partial charge on any atom is -0.491 e. The number of rotatable bonds is 8. The minimum atomic E-state index is -0.501. The Labute approximate surface area is 139 Å². The van der Waals surface area contributed by atoms with Crippen LogP contribution in [0.5, 0.6) is 5.75 Å². The van der Waals surface area contributed by atoms with Crippen molar-refractivity contribution < 1.29 is 19.2 Å². The molecule has 0 amide bonds. The molecule has 0 aliphatic rings. The first kappa shape index (κ1) is 17.4. The van der Waals surface area contributed by atoms with Gasteiger partial charge in [0.2, 0.25) is 0 Å². The van der Waals surface area contributed by atoms with Gasteiger partial charge in [0, 0.05) is 24.8 Å². The molecule has 2 aromatic carbocycles. The van der Waals surface area contributed by atoms with Crippen LogP contribution in [0, 0.1) is 10.1 Å². The third kappa shape index (κ3) is 5.03. The highest BCUT2D eigenvalue weighted by Gasteiger charge is 2.07. The Morgan fingerprint density at radius 1 is 1.17 bits per heavy atom. The van der Waals surface area contributed by atoms with E-state index in [-0.39, 0.29) is 11.5 Å². The van der Waals surface area contributed by atoms with E-state index in [0.717, 1.165) is 5.56 Å². The van der Waals surface area contributed by atoms with Crippen molar-refractivity contribution in [2.24, 2.45) is 0 Å². The van der Waals surface area contributed by atoms with Crippen molar-refractivity contribution in [3.63, 3.8) is 0 Å². The van der Waals surface area contributed by atoms with E-state index in [0.29, 0.717) is 24.5 Å². The number of non-ortho nitro benzene ring substituents is 1. The fourth-order valence-corrected chi connectivity index (χ4v) is 1.97. The van der Waals surface area contributed by atoms with Gasteiger partial charge in [-0.25, -0.2) is 0 Å². The maximum Gasteiger partial charge on any atom is 0.269 e. The summed E-state index contributed by atoms with van der Waals surface area (Å²) in [5.74, 6) is 0.465. The first-order chi connectivity index (χ1) is 11.6. The van der Waals surface area contributed by atoms with E-state index in [4.69, 9.17) is 9.47 Å². The lowest BCUT2D eigenvalue weighted by atomic mass is 10.1. The summed E-state index contributed by atoms with van der Waals surface area (Å²) in [6, 6.07) is 12.8. The number of ether oxygens (including phenoxy) is 2. The fourth-order valence-electron chi connectivity index (χ4n) is 1.97. The zero-order valence-corrected chi connectivity index (χ0v) is 13.2. The molecule has 0 aromatic heterocycles. The van der Waals surface area contributed by atoms with Gasteiger partial charge < -0.3 is 9.47 Å². The molecular weight excluding hydrogens is 310 g/mol. The number of nitrogens with zero attached hydrogens (tertiary/aromatic N) is 1. The molecule has 0 aliphatic heterocycles. The lowest BCUT2D eigenvalue weighted by molar-refractivity contribution is -0.384. The summed E-state index contributed by atoms with van der Waals surface area (Å²) in [5, 5.41) is 10.6. The van der Waals surface area contributed by atoms with Crippen molar-refractivity contribution in [1.29, 1.82) is 0 Å². The van der Waals surface area contributed by atoms with Crippen LogP contribution in [0.3, 0.4) is 0 Å². The number of allylic oxidation sites excluding steroid dienone is 1. The van der Waals surface area contributed by atoms with Gasteiger partial charge >= 0.3 is 0 Å². The third-order valence-corrected chi connectivity index (χ3v) is 3.20. The van der Waals surface area contributed by atoms with Crippen molar-refractivity contribution in [2.75, 3.05) is 20.3 Å². The molecule has 124 valence electrons. The second-order valence-corrected chi connectivity index (χ2v) is 4.92. The predicted molar refractivity (Wildman–Crippen MR) is 90.3 cm³/mol. The van der Waals surface area contributed by atoms with Gasteiger partial charge in [-0.2, -0.15) is 0 Å². The number of benzene rings is 2. The molecule has 0 unspecified atom stereocenters. The first-order valence-electron chi connectivity index (χ1n) is 7.29. The normalized spacial score (nSPS) is 10.7. The Bertz CT molecular complexity index is 737. The fraction of sp³-hybridized carbons (Fsp3) is 0.167. The van der Waals surface area contributed by atoms with Crippen LogP contribution in [0.4, 0.5) is 5.69 Å². The van der Waals surface area contributed by atoms with Crippen LogP contribution in [-0.4, -0.2) is 31.0 Å². The molecule has 0 atom stereocenters. The zero-order chi connectivity index (χ0) is 17.4. The van der Waals surface area contributed by atoms with Crippen LogP contribution in [0.2, 0.25) is 0 Å². The number of ketones is 1. The Balaban J connectivity index is 2.02. The highest BCUT2D eigenvalue weighted by Crippen LogP contribution is 2.16. The Hall–Kier alpha value is -2.99. The summed E-state index contributed by atoms with van der Waals surface area (Å²) in [7, 11) is 1.60. The van der Waals surface area contributed by atoms with Gasteiger partial charge in [0.15, 0.2) is 5.78 Å². The second-order valence-electron chi connectivity index (χ2n) is 4.92. The SMILES string of the molecule is COCCOc1cccc(/C=C/C(=O)c2ccc([N+](=O)[O-])cc2)c1. The molecule has 0 N–H and O–H groups in total. The van der Waals surface area contributed by atoms with E-state index in [2.05, 4.69) is 0 Å². The Kier molecular flexibility index (Phi) is 6.22. The van der Waals surface area contributed by atoms with Crippen molar-refractivity contribution in [3.8, 4) is 5.75 Å². The molecule has 24 heavy (non-hydrogen) atoms. The summed E-state index contributed by atoms with van der Waals surface area (Å²) in [6.07, 6.45) is 3.10. The van der Waals surface area contributed by atoms with Crippen LogP contribution < -0.4 is 4.74 Å². The van der Waals surface area contributed by atoms with Gasteiger partial charge in [-0.1, -0.05) is 18.2 Å². The molecule has 0 saturated heterocycles. The smallest absolute Gasteiger partial charge is 0.269 e. The Morgan fingerprint density at radius 3 is 2.58 bits per heavy atom. The first-order valence-corrected chi connectivity index (χ1v) is 7.29. The molecular formula is C18H17NO5. The quantitative estimate of drug-likeness (QED) is 0.244. The van der Waals surface area contributed by atoms with E-state index >= 15 is 0 Å². The van der Waals surface area contributed by atoms with Gasteiger partial charge in [0.25, 0.3) is 5.69 Å². The van der Waals surface area contributed by atoms with Crippen molar-refractivity contribution >= 4 is 17.5 Å². The summed E-state index contributed by atoms with van der Waals surface area (Å²) in [4.78, 5) is 22.2. The van der Waals surface area contributed by atoms with Gasteiger partial charge in [-0.15, -0.1) is 0 Å². The number of nitro groups is 1. The molecule has 0 spiro atoms. The molecule has 6 nitrogen and oxygen atoms in total. The number of methoxy groups -OCH3 is 1. The van der Waals surface area contributed by atoms with E-state index in [1.807, 2.05) is 24.3 Å². The number of nitro benzene ring substituents is 1. The lowest BCUT2D eigenvalue weighted by Gasteiger charge is -2.05. The van der Waals surface area contributed by atoms with Crippen molar-refractivity contribution in [2.45, 2.75) is 0 Å². The molecule has 0 fully saturated rings. The van der Waals surface area contributed by atoms with E-state index in [1.54, 1.807) is 13.2 Å². The van der Waals surface area contributed by atoms with Gasteiger partial charge in [-0.3, -0.25) is 14.9 Å². The second kappa shape index (κ2) is 8.59. The molecule has 0 saturated carbocycles. The average molecular weight is 327 g/mol. The standard InChI is InChI=1S/C18H17NO5/c1-23-11-12-24-17-4-2-3-14(13-17)5-10-18(20)15-6-8-16(9-7-15)19(21)22/h2-10,13H,11-12H2,1H3/b10-5+. The third-order valence-electron chi connectivity index (χ3n) is 3.20. The zero-order valence-electron chi connectivity index (χ0n) is 13.2. The molecule has 6 heteroatoms. The number of carbonyl (C=O) groups is 1. The van der Waals surface area contributed by atoms with Crippen LogP contribution in [0.1, 0.15) is 15.9 Å². The van der Waals surface area contributed by atoms with Crippen molar-refractivity contribution in [3.05, 3.63) is 75.8 Å². The van der Waals surface area contributed by atoms with E-state index in [9.17, 15) is 14.9 Å². The maximum atomic E-state index is 12.1. The molecule has 0 heterocycles. The summed E-state index contributed by atoms with van der Waals surface area (Å²) < 4.78 is 10.4. The van der Waals surface area contributed by atoms with Crippen LogP contribution in [0.15, 0.2) is 54.6 Å². The van der Waals surface area contributed by atoms with Gasteiger partial charge in [-0.05, 0) is 35.9 Å². The molecule has 0 bridgehead atoms. The molecule has 0 radical (unpaired) electrons. The summed E-state index contributed by atoms with van der Waals surface area (Å²) in [6.45, 7) is 0.949. The van der Waals surface area contributed by atoms with E-state index in [1.165, 1.54) is 30.3 Å². The van der Waals surface area contributed by atoms with Gasteiger partial charge in [0.1, 0.15) is 12.4 Å². The monoisotopic (exact) mass is 327 g/mol. The Morgan fingerprint density at radius 2 is 1.92 bits per heavy atom. The average Bonchev–Trinajstić information content (AvgIpc) is 2.60. The highest BCUT2D eigenvalue weighted by molar-refractivity contribution is 6.06. The number of hydrogen-bond acceptors (Lipinski definition) is 5. The van der Waals surface area contributed by atoms with Crippen molar-refractivity contribution in [1.82, 2.24) is 0 Å². The lowest BCUT2D eigenvalue weighted by Crippen LogP contribution is -2.04. The highest BCUT2D eigenvalue weighted by atomic mass is 16.6. The topological polar surface area (TPSA) is 78.7 Å². The van der Waals surface area contributed by atoms with Crippen LogP contribution in [-0.2, 0) is 4.74 Å². The molecule has 0 aliphatic carbocycles. The van der Waals surface area contributed by atoms with Crippen LogP contribution >= 0.6 is 0 Å². The summed E-state index contributed by atoms with van der Waals surface area (Å²) >= 11 is 0. The minimum absolute atomic E-state index is 0.0450. The maximum absolute atomic E-state index is 12.1. The van der Waals surface area contributed by atoms with Crippen LogP contribution in [0.25, 0.3) is 6.08 Å². The molecule has 2 rings (SSSR count). The largest absolute Gasteiger partial charge is 0.491 e. The molecule has 2 aromatic rings. The predicted octanol–water partition coefficient (Wildman–Crippen LogP) is 3.52. The number of carbonyl (C=O) groups excluding carboxylic acids is 1. The summed E-state index contributed by atoms with van der Waals surface area (Å²) in [5.41, 5.74) is 1.17. The van der Waals surface area contributed by atoms with E-state index < -0.39 is 4.92 Å². The van der Waals surface area contributed by atoms with Gasteiger partial charge in [0.05, 0.1) is 11.5 Å².